The molecule has 1 unspecified atom stereocenters. The fourth-order valence-corrected chi connectivity index (χ4v) is 6.85. The van der Waals surface area contributed by atoms with E-state index in [1.807, 2.05) is 55.5 Å². The lowest BCUT2D eigenvalue weighted by Gasteiger charge is -2.27. The summed E-state index contributed by atoms with van der Waals surface area (Å²) < 4.78 is 38.4. The number of aryl methyl sites for hydroxylation is 1. The Kier molecular flexibility index (Phi) is 6.94. The largest absolute Gasteiger partial charge is 0.468 e. The number of rotatable bonds is 7. The van der Waals surface area contributed by atoms with Crippen molar-refractivity contribution in [3.8, 4) is 11.1 Å². The molecule has 45 heavy (non-hydrogen) atoms. The maximum Gasteiger partial charge on any atom is 0.468 e. The number of hydrogen-bond acceptors (Lipinski definition) is 7. The Hall–Kier alpha value is -5.00. The molecule has 0 N–H and O–H groups in total. The number of hydroxylamine groups is 1. The van der Waals surface area contributed by atoms with Gasteiger partial charge in [0.05, 0.1) is 34.1 Å². The molecule has 1 aliphatic heterocycles. The lowest BCUT2D eigenvalue weighted by molar-refractivity contribution is 0.0639. The molecule has 7 rings (SSSR count). The normalized spacial score (nSPS) is 16.4. The summed E-state index contributed by atoms with van der Waals surface area (Å²) in [5.74, 6) is 0. The number of hydrogen-bond donors (Lipinski definition) is 0. The molecule has 0 bridgehead atoms. The van der Waals surface area contributed by atoms with Crippen LogP contribution in [0.2, 0.25) is 0 Å². The van der Waals surface area contributed by atoms with Crippen LogP contribution in [-0.2, 0) is 25.7 Å². The summed E-state index contributed by atoms with van der Waals surface area (Å²) in [4.78, 5) is 25.0. The van der Waals surface area contributed by atoms with Crippen LogP contribution in [-0.4, -0.2) is 38.6 Å². The van der Waals surface area contributed by atoms with Crippen molar-refractivity contribution in [2.45, 2.75) is 18.4 Å². The molecule has 0 aliphatic carbocycles. The highest BCUT2D eigenvalue weighted by Crippen LogP contribution is 2.53. The fraction of sp³-hybridized carbons (Fsp3) is 0.114. The molecule has 224 valence electrons. The van der Waals surface area contributed by atoms with Crippen molar-refractivity contribution in [3.05, 3.63) is 121 Å². The molecular weight excluding hydrogens is 588 g/mol. The quantitative estimate of drug-likeness (QED) is 0.172. The van der Waals surface area contributed by atoms with E-state index in [9.17, 15) is 13.2 Å². The molecule has 0 spiro atoms. The molecule has 0 fully saturated rings. The Labute approximate surface area is 260 Å². The summed E-state index contributed by atoms with van der Waals surface area (Å²) in [7, 11) is -1.29. The van der Waals surface area contributed by atoms with Gasteiger partial charge in [0, 0.05) is 43.4 Å². The van der Waals surface area contributed by atoms with Gasteiger partial charge in [-0.05, 0) is 63.4 Å². The molecule has 0 saturated carbocycles. The lowest BCUT2D eigenvalue weighted by atomic mass is 10.0. The van der Waals surface area contributed by atoms with Crippen LogP contribution in [0.3, 0.4) is 0 Å². The third-order valence-electron chi connectivity index (χ3n) is 8.11. The van der Waals surface area contributed by atoms with Gasteiger partial charge >= 0.3 is 16.1 Å². The number of urea groups is 1. The SMILES string of the molecule is COCc1ccc([N+]2(OS(=O)(=O)c3ccc(C)cc3)C(=O)N(C)c3cnc4ccc(-c5cnc6ccccc6c5)cc4c32)cc1. The summed E-state index contributed by atoms with van der Waals surface area (Å²) in [5.41, 5.74) is 5.97. The van der Waals surface area contributed by atoms with Crippen LogP contribution >= 0.6 is 0 Å². The number of quaternary nitrogens is 1. The van der Waals surface area contributed by atoms with E-state index in [4.69, 9.17) is 9.02 Å². The van der Waals surface area contributed by atoms with Gasteiger partial charge in [0.1, 0.15) is 5.69 Å². The van der Waals surface area contributed by atoms with Crippen LogP contribution in [0, 0.1) is 6.92 Å². The molecule has 10 heteroatoms. The first kappa shape index (κ1) is 28.8. The molecule has 2 aromatic heterocycles. The highest BCUT2D eigenvalue weighted by Gasteiger charge is 2.60. The van der Waals surface area contributed by atoms with Gasteiger partial charge in [-0.2, -0.15) is 8.42 Å². The van der Waals surface area contributed by atoms with Crippen molar-refractivity contribution in [2.24, 2.45) is 0 Å². The number of para-hydroxylation sites is 1. The Balaban J connectivity index is 1.49. The van der Waals surface area contributed by atoms with Crippen molar-refractivity contribution < 1.29 is 22.2 Å². The van der Waals surface area contributed by atoms with E-state index in [0.717, 1.165) is 33.2 Å². The van der Waals surface area contributed by atoms with Gasteiger partial charge in [-0.25, -0.2) is 4.79 Å². The molecule has 0 radical (unpaired) electrons. The van der Waals surface area contributed by atoms with Crippen LogP contribution < -0.4 is 9.55 Å². The van der Waals surface area contributed by atoms with Crippen molar-refractivity contribution in [3.63, 3.8) is 0 Å². The van der Waals surface area contributed by atoms with Crippen molar-refractivity contribution >= 4 is 55.0 Å². The van der Waals surface area contributed by atoms with Gasteiger partial charge in [-0.3, -0.25) is 14.9 Å². The third-order valence-corrected chi connectivity index (χ3v) is 9.38. The fourth-order valence-electron chi connectivity index (χ4n) is 5.78. The minimum atomic E-state index is -4.47. The molecule has 3 heterocycles. The average Bonchev–Trinajstić information content (AvgIpc) is 3.27. The number of aromatic nitrogens is 2. The monoisotopic (exact) mass is 617 g/mol. The predicted molar refractivity (Wildman–Crippen MR) is 174 cm³/mol. The van der Waals surface area contributed by atoms with Crippen molar-refractivity contribution in [2.75, 3.05) is 19.1 Å². The number of amides is 2. The summed E-state index contributed by atoms with van der Waals surface area (Å²) in [5, 5.41) is 1.55. The smallest absolute Gasteiger partial charge is 0.380 e. The van der Waals surface area contributed by atoms with Crippen LogP contribution in [0.5, 0.6) is 0 Å². The number of methoxy groups -OCH3 is 1. The highest BCUT2D eigenvalue weighted by molar-refractivity contribution is 7.86. The minimum absolute atomic E-state index is 0.0632. The first-order chi connectivity index (χ1) is 21.7. The van der Waals surface area contributed by atoms with Gasteiger partial charge in [0.25, 0.3) is 0 Å². The zero-order valence-electron chi connectivity index (χ0n) is 24.8. The highest BCUT2D eigenvalue weighted by atomic mass is 32.2. The second kappa shape index (κ2) is 10.9. The van der Waals surface area contributed by atoms with E-state index in [2.05, 4.69) is 9.97 Å². The summed E-state index contributed by atoms with van der Waals surface area (Å²) >= 11 is 0. The van der Waals surface area contributed by atoms with E-state index >= 15 is 0 Å². The Morgan fingerprint density at radius 2 is 1.56 bits per heavy atom. The maximum absolute atomic E-state index is 14.4. The second-order valence-electron chi connectivity index (χ2n) is 11.0. The van der Waals surface area contributed by atoms with E-state index in [0.29, 0.717) is 34.6 Å². The molecule has 1 aliphatic rings. The van der Waals surface area contributed by atoms with Crippen molar-refractivity contribution in [1.29, 1.82) is 0 Å². The number of benzene rings is 4. The number of nitrogens with zero attached hydrogens (tertiary/aromatic N) is 4. The molecular formula is C35H29N4O5S+. The zero-order valence-corrected chi connectivity index (χ0v) is 25.7. The molecule has 2 amide bonds. The van der Waals surface area contributed by atoms with Gasteiger partial charge in [0.2, 0.25) is 5.69 Å². The second-order valence-corrected chi connectivity index (χ2v) is 12.6. The van der Waals surface area contributed by atoms with Crippen LogP contribution in [0.25, 0.3) is 32.9 Å². The van der Waals surface area contributed by atoms with Gasteiger partial charge < -0.3 is 4.74 Å². The molecule has 4 aromatic carbocycles. The maximum atomic E-state index is 14.4. The van der Waals surface area contributed by atoms with E-state index in [1.165, 1.54) is 17.0 Å². The van der Waals surface area contributed by atoms with E-state index in [1.54, 1.807) is 62.9 Å². The van der Waals surface area contributed by atoms with E-state index < -0.39 is 20.8 Å². The summed E-state index contributed by atoms with van der Waals surface area (Å²) in [6.45, 7) is 2.22. The van der Waals surface area contributed by atoms with Gasteiger partial charge in [-0.1, -0.05) is 54.1 Å². The number of carbonyl (C=O) groups is 1. The Morgan fingerprint density at radius 1 is 0.822 bits per heavy atom. The van der Waals surface area contributed by atoms with Crippen LogP contribution in [0.15, 0.2) is 114 Å². The summed E-state index contributed by atoms with van der Waals surface area (Å²) in [6, 6.07) is 28.3. The number of carbonyl (C=O) groups excluding carboxylic acids is 1. The molecule has 9 nitrogen and oxygen atoms in total. The standard InChI is InChI=1S/C35H29N4O5S/c1-23-8-15-29(16-9-23)45(41,42)44-39(28-13-10-24(11-14-28)22-43-3)34-30-19-25(27-18-26-6-4-5-7-31(26)36-20-27)12-17-32(30)37-21-33(34)38(2)35(39)40/h4-21H,22H2,1-3H3/q+1. The molecule has 1 atom stereocenters. The zero-order chi connectivity index (χ0) is 31.3. The van der Waals surface area contributed by atoms with Crippen LogP contribution in [0.1, 0.15) is 11.1 Å². The number of ether oxygens (including phenoxy) is 1. The summed E-state index contributed by atoms with van der Waals surface area (Å²) in [6.07, 6.45) is 3.38. The average molecular weight is 618 g/mol. The first-order valence-corrected chi connectivity index (χ1v) is 15.7. The van der Waals surface area contributed by atoms with Gasteiger partial charge in [-0.15, -0.1) is 0 Å². The van der Waals surface area contributed by atoms with Crippen molar-refractivity contribution in [1.82, 2.24) is 14.6 Å². The number of fused-ring (bicyclic) bond motifs is 4. The number of pyridine rings is 2. The minimum Gasteiger partial charge on any atom is -0.380 e. The molecule has 6 aromatic rings. The Bertz CT molecular complexity index is 2220. The van der Waals surface area contributed by atoms with Gasteiger partial charge in [0.15, 0.2) is 5.69 Å². The first-order valence-electron chi connectivity index (χ1n) is 14.3. The van der Waals surface area contributed by atoms with E-state index in [-0.39, 0.29) is 4.90 Å². The molecule has 0 saturated heterocycles. The Morgan fingerprint density at radius 3 is 2.31 bits per heavy atom. The lowest BCUT2D eigenvalue weighted by Crippen LogP contribution is -2.51. The van der Waals surface area contributed by atoms with Crippen LogP contribution in [0.4, 0.5) is 21.9 Å². The topological polar surface area (TPSA) is 98.7 Å². The number of anilines is 1. The predicted octanol–water partition coefficient (Wildman–Crippen LogP) is 7.43. The third kappa shape index (κ3) is 4.75.